The summed E-state index contributed by atoms with van der Waals surface area (Å²) in [5.41, 5.74) is 0.834. The van der Waals surface area contributed by atoms with E-state index in [0.717, 1.165) is 10.2 Å². The van der Waals surface area contributed by atoms with Gasteiger partial charge in [0.25, 0.3) is 5.56 Å². The molecule has 3 aromatic rings. The van der Waals surface area contributed by atoms with Crippen LogP contribution in [0.15, 0.2) is 53.3 Å². The minimum Gasteiger partial charge on any atom is -0.548 e. The number of carbonyl (C=O) groups is 1. The monoisotopic (exact) mass is 332 g/mol. The molecular weight excluding hydrogens is 319 g/mol. The SMILES string of the molecule is COc1ccc(-c2nn(CC(=O)[O-])c(=O)c3ccccc23)cc1.[Na+]. The molecule has 0 unspecified atom stereocenters. The van der Waals surface area contributed by atoms with Gasteiger partial charge in [0.2, 0.25) is 0 Å². The van der Waals surface area contributed by atoms with E-state index in [1.165, 1.54) is 0 Å². The summed E-state index contributed by atoms with van der Waals surface area (Å²) < 4.78 is 6.04. The van der Waals surface area contributed by atoms with Gasteiger partial charge in [-0.25, -0.2) is 4.68 Å². The fraction of sp³-hybridized carbons (Fsp3) is 0.118. The number of aliphatic carboxylic acids is 1. The molecule has 0 aliphatic rings. The number of aromatic nitrogens is 2. The van der Waals surface area contributed by atoms with Crippen molar-refractivity contribution in [3.63, 3.8) is 0 Å². The Hall–Kier alpha value is -2.15. The van der Waals surface area contributed by atoms with Gasteiger partial charge in [-0.2, -0.15) is 5.10 Å². The molecule has 7 heteroatoms. The molecule has 0 amide bonds. The van der Waals surface area contributed by atoms with Crippen LogP contribution in [0, 0.1) is 0 Å². The molecule has 1 aromatic heterocycles. The first-order valence-corrected chi connectivity index (χ1v) is 6.94. The average molecular weight is 332 g/mol. The topological polar surface area (TPSA) is 84.2 Å². The summed E-state index contributed by atoms with van der Waals surface area (Å²) in [5, 5.41) is 16.1. The summed E-state index contributed by atoms with van der Waals surface area (Å²) in [5.74, 6) is -0.670. The smallest absolute Gasteiger partial charge is 0.548 e. The predicted molar refractivity (Wildman–Crippen MR) is 83.0 cm³/mol. The van der Waals surface area contributed by atoms with Crippen molar-refractivity contribution in [3.8, 4) is 17.0 Å². The molecule has 0 bridgehead atoms. The van der Waals surface area contributed by atoms with Crippen LogP contribution in [0.1, 0.15) is 0 Å². The molecule has 0 spiro atoms. The Balaban J connectivity index is 0.00000208. The zero-order chi connectivity index (χ0) is 16.4. The molecule has 0 aliphatic carbocycles. The molecule has 0 aliphatic heterocycles. The minimum absolute atomic E-state index is 0. The Bertz CT molecular complexity index is 935. The van der Waals surface area contributed by atoms with Crippen LogP contribution in [-0.2, 0) is 11.3 Å². The second-order valence-electron chi connectivity index (χ2n) is 4.96. The zero-order valence-corrected chi connectivity index (χ0v) is 15.4. The first-order valence-electron chi connectivity index (χ1n) is 6.94. The molecule has 116 valence electrons. The van der Waals surface area contributed by atoms with E-state index in [1.54, 1.807) is 55.6 Å². The predicted octanol–water partition coefficient (Wildman–Crippen LogP) is -2.17. The third-order valence-electron chi connectivity index (χ3n) is 3.51. The van der Waals surface area contributed by atoms with Crippen LogP contribution in [0.25, 0.3) is 22.0 Å². The van der Waals surface area contributed by atoms with Gasteiger partial charge < -0.3 is 14.6 Å². The van der Waals surface area contributed by atoms with Crippen LogP contribution in [-0.4, -0.2) is 22.9 Å². The van der Waals surface area contributed by atoms with Gasteiger partial charge in [0, 0.05) is 10.9 Å². The quantitative estimate of drug-likeness (QED) is 0.508. The van der Waals surface area contributed by atoms with Gasteiger partial charge in [-0.15, -0.1) is 0 Å². The molecule has 2 aromatic carbocycles. The minimum atomic E-state index is -1.37. The number of methoxy groups -OCH3 is 1. The van der Waals surface area contributed by atoms with E-state index in [0.29, 0.717) is 22.2 Å². The van der Waals surface area contributed by atoms with E-state index >= 15 is 0 Å². The van der Waals surface area contributed by atoms with E-state index in [-0.39, 0.29) is 29.6 Å². The fourth-order valence-corrected chi connectivity index (χ4v) is 2.43. The second-order valence-corrected chi connectivity index (χ2v) is 4.96. The third kappa shape index (κ3) is 3.51. The number of carboxylic acid groups (broad SMARTS) is 1. The summed E-state index contributed by atoms with van der Waals surface area (Å²) in [6.45, 7) is -0.590. The first kappa shape index (κ1) is 18.2. The Kier molecular flexibility index (Phi) is 5.77. The number of nitrogens with zero attached hydrogens (tertiary/aromatic N) is 2. The molecule has 1 heterocycles. The maximum atomic E-state index is 12.3. The molecule has 0 saturated carbocycles. The summed E-state index contributed by atoms with van der Waals surface area (Å²) in [6, 6.07) is 14.1. The maximum Gasteiger partial charge on any atom is 1.00 e. The van der Waals surface area contributed by atoms with Gasteiger partial charge in [-0.1, -0.05) is 18.2 Å². The van der Waals surface area contributed by atoms with Crippen molar-refractivity contribution in [2.75, 3.05) is 7.11 Å². The average Bonchev–Trinajstić information content (AvgIpc) is 2.57. The molecule has 0 atom stereocenters. The van der Waals surface area contributed by atoms with Gasteiger partial charge in [-0.05, 0) is 30.3 Å². The van der Waals surface area contributed by atoms with Crippen molar-refractivity contribution in [1.82, 2.24) is 9.78 Å². The molecule has 6 nitrogen and oxygen atoms in total. The normalized spacial score (nSPS) is 10.2. The number of rotatable bonds is 4. The van der Waals surface area contributed by atoms with Crippen LogP contribution >= 0.6 is 0 Å². The van der Waals surface area contributed by atoms with E-state index in [1.807, 2.05) is 0 Å². The number of hydrogen-bond donors (Lipinski definition) is 0. The number of ether oxygens (including phenoxy) is 1. The van der Waals surface area contributed by atoms with Crippen molar-refractivity contribution in [2.24, 2.45) is 0 Å². The summed E-state index contributed by atoms with van der Waals surface area (Å²) in [4.78, 5) is 23.2. The fourth-order valence-electron chi connectivity index (χ4n) is 2.43. The van der Waals surface area contributed by atoms with E-state index in [4.69, 9.17) is 4.74 Å². The van der Waals surface area contributed by atoms with Crippen molar-refractivity contribution in [1.29, 1.82) is 0 Å². The van der Waals surface area contributed by atoms with Crippen molar-refractivity contribution in [3.05, 3.63) is 58.9 Å². The Morgan fingerprint density at radius 2 is 1.75 bits per heavy atom. The summed E-state index contributed by atoms with van der Waals surface area (Å²) in [7, 11) is 1.57. The third-order valence-corrected chi connectivity index (χ3v) is 3.51. The van der Waals surface area contributed by atoms with E-state index < -0.39 is 18.1 Å². The van der Waals surface area contributed by atoms with E-state index in [2.05, 4.69) is 5.10 Å². The van der Waals surface area contributed by atoms with Gasteiger partial charge in [0.15, 0.2) is 0 Å². The van der Waals surface area contributed by atoms with Gasteiger partial charge >= 0.3 is 29.6 Å². The largest absolute Gasteiger partial charge is 1.00 e. The standard InChI is InChI=1S/C17H14N2O4.Na/c1-23-12-8-6-11(7-9-12)16-13-4-2-3-5-14(13)17(22)19(18-16)10-15(20)21;/h2-9H,10H2,1H3,(H,20,21);/q;+1/p-1. The number of carbonyl (C=O) groups excluding carboxylic acids is 1. The molecule has 0 N–H and O–H groups in total. The van der Waals surface area contributed by atoms with Crippen LogP contribution in [0.5, 0.6) is 5.75 Å². The Labute approximate surface area is 160 Å². The molecule has 3 rings (SSSR count). The van der Waals surface area contributed by atoms with Crippen molar-refractivity contribution < 1.29 is 44.2 Å². The van der Waals surface area contributed by atoms with Gasteiger partial charge in [0.1, 0.15) is 5.75 Å². The number of carboxylic acids is 1. The van der Waals surface area contributed by atoms with Gasteiger partial charge in [-0.3, -0.25) is 4.79 Å². The Morgan fingerprint density at radius 3 is 2.33 bits per heavy atom. The zero-order valence-electron chi connectivity index (χ0n) is 13.4. The number of benzene rings is 2. The van der Waals surface area contributed by atoms with Crippen LogP contribution in [0.3, 0.4) is 0 Å². The van der Waals surface area contributed by atoms with Crippen LogP contribution in [0.4, 0.5) is 0 Å². The number of fused-ring (bicyclic) bond motifs is 1. The Morgan fingerprint density at radius 1 is 1.12 bits per heavy atom. The van der Waals surface area contributed by atoms with Crippen molar-refractivity contribution >= 4 is 16.7 Å². The van der Waals surface area contributed by atoms with Crippen molar-refractivity contribution in [2.45, 2.75) is 6.54 Å². The first-order chi connectivity index (χ1) is 11.1. The molecule has 0 radical (unpaired) electrons. The summed E-state index contributed by atoms with van der Waals surface area (Å²) in [6.07, 6.45) is 0. The number of hydrogen-bond acceptors (Lipinski definition) is 5. The molecule has 24 heavy (non-hydrogen) atoms. The van der Waals surface area contributed by atoms with Gasteiger partial charge in [0.05, 0.1) is 30.7 Å². The molecule has 0 saturated heterocycles. The molecule has 0 fully saturated rings. The molecular formula is C17H13N2NaO4. The van der Waals surface area contributed by atoms with Crippen LogP contribution < -0.4 is 45.0 Å². The maximum absolute atomic E-state index is 12.3. The van der Waals surface area contributed by atoms with E-state index in [9.17, 15) is 14.7 Å². The van der Waals surface area contributed by atoms with Crippen LogP contribution in [0.2, 0.25) is 0 Å². The summed E-state index contributed by atoms with van der Waals surface area (Å²) >= 11 is 0. The second kappa shape index (κ2) is 7.61.